The van der Waals surface area contributed by atoms with Crippen LogP contribution in [0.15, 0.2) is 0 Å². The third kappa shape index (κ3) is 3.20. The Morgan fingerprint density at radius 2 is 1.94 bits per heavy atom. The fourth-order valence-electron chi connectivity index (χ4n) is 2.12. The number of carbonyl (C=O) groups excluding carboxylic acids is 1. The summed E-state index contributed by atoms with van der Waals surface area (Å²) in [5.74, 6) is -1.56. The van der Waals surface area contributed by atoms with Crippen LogP contribution in [0.2, 0.25) is 0 Å². The summed E-state index contributed by atoms with van der Waals surface area (Å²) >= 11 is 0. The first-order chi connectivity index (χ1) is 8.43. The number of amides is 1. The van der Waals surface area contributed by atoms with Crippen molar-refractivity contribution in [3.05, 3.63) is 0 Å². The molecule has 1 saturated heterocycles. The molecule has 1 heterocycles. The van der Waals surface area contributed by atoms with Crippen molar-refractivity contribution in [1.29, 1.82) is 0 Å². The molecule has 1 aliphatic heterocycles. The number of rotatable bonds is 5. The highest BCUT2D eigenvalue weighted by atomic mass is 16.5. The molecule has 0 aromatic heterocycles. The Kier molecular flexibility index (Phi) is 5.10. The zero-order chi connectivity index (χ0) is 13.8. The van der Waals surface area contributed by atoms with Crippen molar-refractivity contribution >= 4 is 11.9 Å². The number of nitrogens with one attached hydrogen (secondary N) is 1. The van der Waals surface area contributed by atoms with E-state index in [2.05, 4.69) is 5.32 Å². The number of carbonyl (C=O) groups is 2. The molecular formula is C12H22N2O4. The van der Waals surface area contributed by atoms with E-state index >= 15 is 0 Å². The Morgan fingerprint density at radius 1 is 1.39 bits per heavy atom. The Hall–Kier alpha value is -1.14. The molecule has 1 aliphatic rings. The van der Waals surface area contributed by atoms with E-state index in [9.17, 15) is 14.7 Å². The third-order valence-corrected chi connectivity index (χ3v) is 3.51. The van der Waals surface area contributed by atoms with E-state index in [-0.39, 0.29) is 24.3 Å². The molecule has 0 bridgehead atoms. The highest BCUT2D eigenvalue weighted by Crippen LogP contribution is 2.22. The van der Waals surface area contributed by atoms with Crippen LogP contribution in [0.5, 0.6) is 0 Å². The van der Waals surface area contributed by atoms with E-state index in [1.54, 1.807) is 0 Å². The molecule has 4 N–H and O–H groups in total. The Bertz CT molecular complexity index is 311. The highest BCUT2D eigenvalue weighted by molar-refractivity contribution is 5.88. The molecule has 0 aromatic rings. The van der Waals surface area contributed by atoms with Crippen molar-refractivity contribution in [1.82, 2.24) is 5.32 Å². The second-order valence-corrected chi connectivity index (χ2v) is 5.08. The molecule has 1 atom stereocenters. The molecule has 0 aliphatic carbocycles. The van der Waals surface area contributed by atoms with Gasteiger partial charge in [-0.05, 0) is 5.92 Å². The van der Waals surface area contributed by atoms with Crippen LogP contribution in [0, 0.1) is 11.8 Å². The van der Waals surface area contributed by atoms with Crippen molar-refractivity contribution in [2.75, 3.05) is 19.8 Å². The Morgan fingerprint density at radius 3 is 2.33 bits per heavy atom. The lowest BCUT2D eigenvalue weighted by atomic mass is 9.87. The molecule has 104 valence electrons. The predicted molar refractivity (Wildman–Crippen MR) is 65.9 cm³/mol. The standard InChI is InChI=1S/C12H22N2O4/c1-8(2)9(7-13)10(15)14-12(11(16)17)3-5-18-6-4-12/h8-9H,3-7,13H2,1-2H3,(H,14,15)(H,16,17). The molecular weight excluding hydrogens is 236 g/mol. The summed E-state index contributed by atoms with van der Waals surface area (Å²) in [4.78, 5) is 23.5. The summed E-state index contributed by atoms with van der Waals surface area (Å²) in [5, 5.41) is 12.0. The summed E-state index contributed by atoms with van der Waals surface area (Å²) in [6, 6.07) is 0. The fraction of sp³-hybridized carbons (Fsp3) is 0.833. The van der Waals surface area contributed by atoms with Crippen molar-refractivity contribution < 1.29 is 19.4 Å². The highest BCUT2D eigenvalue weighted by Gasteiger charge is 2.42. The minimum absolute atomic E-state index is 0.0840. The molecule has 1 rings (SSSR count). The molecule has 6 nitrogen and oxygen atoms in total. The maximum Gasteiger partial charge on any atom is 0.329 e. The van der Waals surface area contributed by atoms with Gasteiger partial charge < -0.3 is 20.9 Å². The van der Waals surface area contributed by atoms with Gasteiger partial charge in [0.2, 0.25) is 5.91 Å². The van der Waals surface area contributed by atoms with Crippen molar-refractivity contribution in [2.45, 2.75) is 32.2 Å². The molecule has 1 amide bonds. The quantitative estimate of drug-likeness (QED) is 0.642. The van der Waals surface area contributed by atoms with Crippen molar-refractivity contribution in [3.63, 3.8) is 0 Å². The van der Waals surface area contributed by atoms with Crippen LogP contribution in [0.4, 0.5) is 0 Å². The van der Waals surface area contributed by atoms with Gasteiger partial charge in [-0.25, -0.2) is 4.79 Å². The molecule has 18 heavy (non-hydrogen) atoms. The number of nitrogens with two attached hydrogens (primary N) is 1. The Labute approximate surface area is 107 Å². The first kappa shape index (κ1) is 14.9. The van der Waals surface area contributed by atoms with Crippen molar-refractivity contribution in [2.24, 2.45) is 17.6 Å². The first-order valence-corrected chi connectivity index (χ1v) is 6.26. The van der Waals surface area contributed by atoms with Gasteiger partial charge in [0.15, 0.2) is 0 Å². The van der Waals surface area contributed by atoms with E-state index in [1.807, 2.05) is 13.8 Å². The predicted octanol–water partition coefficient (Wildman–Crippen LogP) is -0.0327. The molecule has 1 unspecified atom stereocenters. The molecule has 1 fully saturated rings. The number of carboxylic acid groups (broad SMARTS) is 1. The van der Waals surface area contributed by atoms with E-state index < -0.39 is 11.5 Å². The minimum atomic E-state index is -1.20. The number of carboxylic acids is 1. The van der Waals surface area contributed by atoms with Crippen LogP contribution in [0.1, 0.15) is 26.7 Å². The van der Waals surface area contributed by atoms with Gasteiger partial charge in [0.1, 0.15) is 5.54 Å². The van der Waals surface area contributed by atoms with E-state index in [0.29, 0.717) is 26.1 Å². The van der Waals surface area contributed by atoms with E-state index in [4.69, 9.17) is 10.5 Å². The SMILES string of the molecule is CC(C)C(CN)C(=O)NC1(C(=O)O)CCOCC1. The summed E-state index contributed by atoms with van der Waals surface area (Å²) in [6.45, 7) is 4.71. The molecule has 0 radical (unpaired) electrons. The lowest BCUT2D eigenvalue weighted by molar-refractivity contribution is -0.153. The zero-order valence-electron chi connectivity index (χ0n) is 10.9. The monoisotopic (exact) mass is 258 g/mol. The van der Waals surface area contributed by atoms with E-state index in [1.165, 1.54) is 0 Å². The second kappa shape index (κ2) is 6.15. The van der Waals surface area contributed by atoms with Gasteiger partial charge in [-0.3, -0.25) is 4.79 Å². The summed E-state index contributed by atoms with van der Waals surface area (Å²) in [5.41, 5.74) is 4.37. The second-order valence-electron chi connectivity index (χ2n) is 5.08. The van der Waals surface area contributed by atoms with E-state index in [0.717, 1.165) is 0 Å². The average Bonchev–Trinajstić information content (AvgIpc) is 2.30. The molecule has 0 saturated carbocycles. The van der Waals surface area contributed by atoms with Crippen LogP contribution in [0.25, 0.3) is 0 Å². The maximum absolute atomic E-state index is 12.1. The lowest BCUT2D eigenvalue weighted by Crippen LogP contribution is -2.59. The molecule has 0 aromatic carbocycles. The molecule has 6 heteroatoms. The number of hydrogen-bond acceptors (Lipinski definition) is 4. The van der Waals surface area contributed by atoms with Gasteiger partial charge in [0.25, 0.3) is 0 Å². The summed E-state index contributed by atoms with van der Waals surface area (Å²) < 4.78 is 5.15. The average molecular weight is 258 g/mol. The molecule has 0 spiro atoms. The number of ether oxygens (including phenoxy) is 1. The van der Waals surface area contributed by atoms with Crippen LogP contribution in [-0.4, -0.2) is 42.3 Å². The van der Waals surface area contributed by atoms with Gasteiger partial charge in [-0.2, -0.15) is 0 Å². The minimum Gasteiger partial charge on any atom is -0.480 e. The van der Waals surface area contributed by atoms with Gasteiger partial charge >= 0.3 is 5.97 Å². The van der Waals surface area contributed by atoms with Crippen LogP contribution in [0.3, 0.4) is 0 Å². The van der Waals surface area contributed by atoms with Gasteiger partial charge in [0.05, 0.1) is 5.92 Å². The summed E-state index contributed by atoms with van der Waals surface area (Å²) in [7, 11) is 0. The lowest BCUT2D eigenvalue weighted by Gasteiger charge is -2.35. The number of aliphatic carboxylic acids is 1. The zero-order valence-corrected chi connectivity index (χ0v) is 10.9. The van der Waals surface area contributed by atoms with Crippen LogP contribution in [-0.2, 0) is 14.3 Å². The van der Waals surface area contributed by atoms with Gasteiger partial charge in [0, 0.05) is 32.6 Å². The van der Waals surface area contributed by atoms with Crippen LogP contribution >= 0.6 is 0 Å². The van der Waals surface area contributed by atoms with Crippen molar-refractivity contribution in [3.8, 4) is 0 Å². The first-order valence-electron chi connectivity index (χ1n) is 6.26. The fourth-order valence-corrected chi connectivity index (χ4v) is 2.12. The maximum atomic E-state index is 12.1. The van der Waals surface area contributed by atoms with Crippen LogP contribution < -0.4 is 11.1 Å². The topological polar surface area (TPSA) is 102 Å². The number of hydrogen-bond donors (Lipinski definition) is 3. The largest absolute Gasteiger partial charge is 0.480 e. The third-order valence-electron chi connectivity index (χ3n) is 3.51. The summed E-state index contributed by atoms with van der Waals surface area (Å²) in [6.07, 6.45) is 0.590. The Balaban J connectivity index is 2.77. The van der Waals surface area contributed by atoms with Gasteiger partial charge in [-0.15, -0.1) is 0 Å². The van der Waals surface area contributed by atoms with Gasteiger partial charge in [-0.1, -0.05) is 13.8 Å². The smallest absolute Gasteiger partial charge is 0.329 e. The normalized spacial score (nSPS) is 20.4.